The first-order valence-corrected chi connectivity index (χ1v) is 9.04. The summed E-state index contributed by atoms with van der Waals surface area (Å²) in [6, 6.07) is 9.36. The minimum atomic E-state index is -0.924. The van der Waals surface area contributed by atoms with E-state index >= 15 is 0 Å². The van der Waals surface area contributed by atoms with Crippen LogP contribution in [0.2, 0.25) is 0 Å². The molecule has 1 atom stereocenters. The van der Waals surface area contributed by atoms with Gasteiger partial charge in [-0.2, -0.15) is 0 Å². The molecular formula is C20H20F2N4O. The molecule has 0 bridgehead atoms. The number of nitrogens with one attached hydrogen (secondary N) is 3. The Labute approximate surface area is 155 Å². The summed E-state index contributed by atoms with van der Waals surface area (Å²) in [6.07, 6.45) is 2.53. The Morgan fingerprint density at radius 3 is 2.70 bits per heavy atom. The van der Waals surface area contributed by atoms with Crippen LogP contribution in [0, 0.1) is 17.6 Å². The third-order valence-corrected chi connectivity index (χ3v) is 4.91. The highest BCUT2D eigenvalue weighted by molar-refractivity contribution is 5.91. The number of hydrogen-bond acceptors (Lipinski definition) is 3. The van der Waals surface area contributed by atoms with Gasteiger partial charge in [0.1, 0.15) is 5.82 Å². The van der Waals surface area contributed by atoms with E-state index in [9.17, 15) is 13.6 Å². The number of hydrogen-bond donors (Lipinski definition) is 3. The number of rotatable bonds is 5. The van der Waals surface area contributed by atoms with Crippen molar-refractivity contribution in [3.05, 3.63) is 48.0 Å². The van der Waals surface area contributed by atoms with E-state index in [0.717, 1.165) is 43.6 Å². The molecule has 1 fully saturated rings. The normalized spacial score (nSPS) is 16.7. The van der Waals surface area contributed by atoms with E-state index < -0.39 is 11.6 Å². The molecule has 1 unspecified atom stereocenters. The molecular weight excluding hydrogens is 350 g/mol. The standard InChI is InChI=1S/C20H20F2N4O/c21-15-9-17-18(10-16(15)22)26-20(25-17)13-2-4-14(5-3-13)24-19(27)6-1-12-7-8-23-11-12/h2-5,9-10,12,23H,1,6-8,11H2,(H,24,27)(H,25,26). The van der Waals surface area contributed by atoms with Crippen LogP contribution >= 0.6 is 0 Å². The van der Waals surface area contributed by atoms with E-state index in [2.05, 4.69) is 20.6 Å². The highest BCUT2D eigenvalue weighted by Gasteiger charge is 2.16. The Morgan fingerprint density at radius 1 is 1.19 bits per heavy atom. The van der Waals surface area contributed by atoms with Crippen molar-refractivity contribution in [3.8, 4) is 11.4 Å². The summed E-state index contributed by atoms with van der Waals surface area (Å²) in [4.78, 5) is 19.4. The second kappa shape index (κ2) is 7.44. The summed E-state index contributed by atoms with van der Waals surface area (Å²) in [5.41, 5.74) is 2.27. The maximum atomic E-state index is 13.3. The van der Waals surface area contributed by atoms with Crippen LogP contribution < -0.4 is 10.6 Å². The van der Waals surface area contributed by atoms with Gasteiger partial charge < -0.3 is 15.6 Å². The molecule has 0 radical (unpaired) electrons. The van der Waals surface area contributed by atoms with Crippen LogP contribution in [0.5, 0.6) is 0 Å². The smallest absolute Gasteiger partial charge is 0.224 e. The SMILES string of the molecule is O=C(CCC1CCNC1)Nc1ccc(-c2nc3cc(F)c(F)cc3[nH]2)cc1. The molecule has 1 saturated heterocycles. The van der Waals surface area contributed by atoms with Gasteiger partial charge in [-0.15, -0.1) is 0 Å². The summed E-state index contributed by atoms with van der Waals surface area (Å²) < 4.78 is 26.7. The minimum Gasteiger partial charge on any atom is -0.338 e. The van der Waals surface area contributed by atoms with Crippen molar-refractivity contribution in [2.75, 3.05) is 18.4 Å². The molecule has 1 aromatic heterocycles. The number of anilines is 1. The molecule has 2 heterocycles. The summed E-state index contributed by atoms with van der Waals surface area (Å²) in [6.45, 7) is 2.03. The van der Waals surface area contributed by atoms with Crippen LogP contribution in [0.4, 0.5) is 14.5 Å². The van der Waals surface area contributed by atoms with Crippen LogP contribution in [0.15, 0.2) is 36.4 Å². The highest BCUT2D eigenvalue weighted by atomic mass is 19.2. The zero-order valence-corrected chi connectivity index (χ0v) is 14.7. The maximum absolute atomic E-state index is 13.3. The van der Waals surface area contributed by atoms with Gasteiger partial charge in [0.05, 0.1) is 11.0 Å². The number of amides is 1. The average Bonchev–Trinajstić information content (AvgIpc) is 3.31. The van der Waals surface area contributed by atoms with Gasteiger partial charge in [-0.05, 0) is 56.1 Å². The number of imidazole rings is 1. The van der Waals surface area contributed by atoms with Gasteiger partial charge in [-0.25, -0.2) is 13.8 Å². The lowest BCUT2D eigenvalue weighted by Crippen LogP contribution is -2.14. The average molecular weight is 370 g/mol. The largest absolute Gasteiger partial charge is 0.338 e. The Morgan fingerprint density at radius 2 is 1.96 bits per heavy atom. The molecule has 3 N–H and O–H groups in total. The second-order valence-corrected chi connectivity index (χ2v) is 6.89. The zero-order chi connectivity index (χ0) is 18.8. The van der Waals surface area contributed by atoms with Gasteiger partial charge in [0.25, 0.3) is 0 Å². The molecule has 27 heavy (non-hydrogen) atoms. The van der Waals surface area contributed by atoms with Crippen molar-refractivity contribution in [2.24, 2.45) is 5.92 Å². The number of H-pyrrole nitrogens is 1. The van der Waals surface area contributed by atoms with Gasteiger partial charge in [0, 0.05) is 29.8 Å². The third-order valence-electron chi connectivity index (χ3n) is 4.91. The van der Waals surface area contributed by atoms with Gasteiger partial charge >= 0.3 is 0 Å². The molecule has 3 aromatic rings. The monoisotopic (exact) mass is 370 g/mol. The molecule has 1 aliphatic heterocycles. The summed E-state index contributed by atoms with van der Waals surface area (Å²) in [5, 5.41) is 6.20. The lowest BCUT2D eigenvalue weighted by atomic mass is 10.0. The minimum absolute atomic E-state index is 0.00402. The molecule has 5 nitrogen and oxygen atoms in total. The van der Waals surface area contributed by atoms with E-state index in [0.29, 0.717) is 34.9 Å². The predicted octanol–water partition coefficient (Wildman–Crippen LogP) is 3.84. The Bertz CT molecular complexity index is 923. The summed E-state index contributed by atoms with van der Waals surface area (Å²) in [7, 11) is 0. The lowest BCUT2D eigenvalue weighted by molar-refractivity contribution is -0.116. The van der Waals surface area contributed by atoms with Crippen LogP contribution in [-0.4, -0.2) is 29.0 Å². The number of carbonyl (C=O) groups is 1. The first-order valence-electron chi connectivity index (χ1n) is 9.04. The third kappa shape index (κ3) is 3.98. The van der Waals surface area contributed by atoms with Crippen LogP contribution in [0.25, 0.3) is 22.4 Å². The van der Waals surface area contributed by atoms with E-state index in [-0.39, 0.29) is 5.91 Å². The highest BCUT2D eigenvalue weighted by Crippen LogP contribution is 2.24. The van der Waals surface area contributed by atoms with Gasteiger partial charge in [0.15, 0.2) is 11.6 Å². The lowest BCUT2D eigenvalue weighted by Gasteiger charge is -2.09. The molecule has 2 aromatic carbocycles. The summed E-state index contributed by atoms with van der Waals surface area (Å²) >= 11 is 0. The first-order chi connectivity index (χ1) is 13.1. The van der Waals surface area contributed by atoms with Crippen molar-refractivity contribution in [1.29, 1.82) is 0 Å². The van der Waals surface area contributed by atoms with Gasteiger partial charge in [-0.1, -0.05) is 0 Å². The van der Waals surface area contributed by atoms with Crippen LogP contribution in [0.1, 0.15) is 19.3 Å². The van der Waals surface area contributed by atoms with Crippen molar-refractivity contribution >= 4 is 22.6 Å². The van der Waals surface area contributed by atoms with E-state index in [1.807, 2.05) is 0 Å². The van der Waals surface area contributed by atoms with Crippen molar-refractivity contribution in [2.45, 2.75) is 19.3 Å². The fraction of sp³-hybridized carbons (Fsp3) is 0.300. The number of nitrogens with zero attached hydrogens (tertiary/aromatic N) is 1. The molecule has 0 spiro atoms. The first kappa shape index (κ1) is 17.6. The Hall–Kier alpha value is -2.80. The number of carbonyl (C=O) groups excluding carboxylic acids is 1. The number of benzene rings is 2. The van der Waals surface area contributed by atoms with E-state index in [1.54, 1.807) is 24.3 Å². The Kier molecular flexibility index (Phi) is 4.85. The fourth-order valence-electron chi connectivity index (χ4n) is 3.37. The van der Waals surface area contributed by atoms with Gasteiger partial charge in [0.2, 0.25) is 5.91 Å². The number of fused-ring (bicyclic) bond motifs is 1. The Balaban J connectivity index is 1.41. The molecule has 0 aliphatic carbocycles. The second-order valence-electron chi connectivity index (χ2n) is 6.89. The van der Waals surface area contributed by atoms with E-state index in [1.165, 1.54) is 0 Å². The van der Waals surface area contributed by atoms with Crippen LogP contribution in [-0.2, 0) is 4.79 Å². The van der Waals surface area contributed by atoms with E-state index in [4.69, 9.17) is 0 Å². The number of aromatic amines is 1. The molecule has 1 amide bonds. The quantitative estimate of drug-likeness (QED) is 0.639. The predicted molar refractivity (Wildman–Crippen MR) is 100 cm³/mol. The number of aromatic nitrogens is 2. The molecule has 0 saturated carbocycles. The molecule has 140 valence electrons. The summed E-state index contributed by atoms with van der Waals surface area (Å²) in [5.74, 6) is -0.733. The molecule has 1 aliphatic rings. The zero-order valence-electron chi connectivity index (χ0n) is 14.7. The van der Waals surface area contributed by atoms with Gasteiger partial charge in [-0.3, -0.25) is 4.79 Å². The fourth-order valence-corrected chi connectivity index (χ4v) is 3.37. The topological polar surface area (TPSA) is 69.8 Å². The molecule has 7 heteroatoms. The van der Waals surface area contributed by atoms with Crippen molar-refractivity contribution < 1.29 is 13.6 Å². The van der Waals surface area contributed by atoms with Crippen molar-refractivity contribution in [1.82, 2.24) is 15.3 Å². The van der Waals surface area contributed by atoms with Crippen LogP contribution in [0.3, 0.4) is 0 Å². The van der Waals surface area contributed by atoms with Crippen molar-refractivity contribution in [3.63, 3.8) is 0 Å². The molecule has 4 rings (SSSR count). The maximum Gasteiger partial charge on any atom is 0.224 e. The number of halogens is 2.